The monoisotopic (exact) mass is 157 g/mol. The molecular formula is C9H19NO. The van der Waals surface area contributed by atoms with Crippen molar-refractivity contribution in [2.24, 2.45) is 0 Å². The minimum Gasteiger partial charge on any atom is -0.340 e. The lowest BCUT2D eigenvalue weighted by Gasteiger charge is -2.18. The van der Waals surface area contributed by atoms with Crippen molar-refractivity contribution in [2.75, 3.05) is 6.54 Å². The van der Waals surface area contributed by atoms with Gasteiger partial charge >= 0.3 is 0 Å². The lowest BCUT2D eigenvalue weighted by Crippen LogP contribution is -2.30. The van der Waals surface area contributed by atoms with Gasteiger partial charge in [0.2, 0.25) is 5.91 Å². The highest BCUT2D eigenvalue weighted by molar-refractivity contribution is 5.78. The third kappa shape index (κ3) is 2.52. The molecule has 0 N–H and O–H groups in total. The SMILES string of the molecule is CC.CCN1C(=O)CCC1C. The second-order valence-electron chi connectivity index (χ2n) is 2.57. The first-order valence-electron chi connectivity index (χ1n) is 4.55. The average molecular weight is 157 g/mol. The first-order chi connectivity index (χ1) is 5.25. The summed E-state index contributed by atoms with van der Waals surface area (Å²) >= 11 is 0. The molecule has 1 saturated heterocycles. The van der Waals surface area contributed by atoms with Crippen LogP contribution in [0.25, 0.3) is 0 Å². The Morgan fingerprint density at radius 2 is 2.09 bits per heavy atom. The normalized spacial score (nSPS) is 23.1. The highest BCUT2D eigenvalue weighted by atomic mass is 16.2. The lowest BCUT2D eigenvalue weighted by molar-refractivity contribution is -0.128. The molecule has 1 aliphatic heterocycles. The second-order valence-corrected chi connectivity index (χ2v) is 2.57. The third-order valence-corrected chi connectivity index (χ3v) is 1.97. The van der Waals surface area contributed by atoms with E-state index >= 15 is 0 Å². The fourth-order valence-corrected chi connectivity index (χ4v) is 1.37. The van der Waals surface area contributed by atoms with Gasteiger partial charge in [0.05, 0.1) is 0 Å². The number of carbonyl (C=O) groups excluding carboxylic acids is 1. The summed E-state index contributed by atoms with van der Waals surface area (Å²) in [5.41, 5.74) is 0. The molecule has 1 heterocycles. The van der Waals surface area contributed by atoms with Gasteiger partial charge in [-0.05, 0) is 20.3 Å². The van der Waals surface area contributed by atoms with E-state index in [4.69, 9.17) is 0 Å². The number of carbonyl (C=O) groups is 1. The highest BCUT2D eigenvalue weighted by Gasteiger charge is 2.25. The second kappa shape index (κ2) is 5.16. The molecule has 2 heteroatoms. The largest absolute Gasteiger partial charge is 0.340 e. The minimum absolute atomic E-state index is 0.324. The molecule has 0 aromatic heterocycles. The van der Waals surface area contributed by atoms with E-state index in [9.17, 15) is 4.79 Å². The van der Waals surface area contributed by atoms with Crippen LogP contribution in [0.15, 0.2) is 0 Å². The molecule has 1 unspecified atom stereocenters. The molecule has 1 atom stereocenters. The Kier molecular flexibility index (Phi) is 4.92. The molecule has 1 rings (SSSR count). The summed E-state index contributed by atoms with van der Waals surface area (Å²) in [5.74, 6) is 0.324. The predicted octanol–water partition coefficient (Wildman–Crippen LogP) is 2.04. The van der Waals surface area contributed by atoms with Gasteiger partial charge in [-0.2, -0.15) is 0 Å². The van der Waals surface area contributed by atoms with Crippen LogP contribution in [-0.2, 0) is 4.79 Å². The number of nitrogens with zero attached hydrogens (tertiary/aromatic N) is 1. The van der Waals surface area contributed by atoms with Crippen molar-refractivity contribution >= 4 is 5.91 Å². The summed E-state index contributed by atoms with van der Waals surface area (Å²) in [4.78, 5) is 12.9. The minimum atomic E-state index is 0.324. The molecule has 0 radical (unpaired) electrons. The zero-order valence-corrected chi connectivity index (χ0v) is 8.05. The summed E-state index contributed by atoms with van der Waals surface area (Å²) in [5, 5.41) is 0. The maximum atomic E-state index is 10.9. The van der Waals surface area contributed by atoms with Gasteiger partial charge in [-0.25, -0.2) is 0 Å². The zero-order chi connectivity index (χ0) is 8.85. The van der Waals surface area contributed by atoms with Crippen molar-refractivity contribution in [3.8, 4) is 0 Å². The Labute approximate surface area is 69.6 Å². The molecular weight excluding hydrogens is 138 g/mol. The van der Waals surface area contributed by atoms with Gasteiger partial charge in [-0.3, -0.25) is 4.79 Å². The van der Waals surface area contributed by atoms with Crippen molar-refractivity contribution < 1.29 is 4.79 Å². The van der Waals surface area contributed by atoms with Crippen molar-refractivity contribution in [1.82, 2.24) is 4.90 Å². The van der Waals surface area contributed by atoms with Crippen LogP contribution in [0.1, 0.15) is 40.5 Å². The van der Waals surface area contributed by atoms with Crippen molar-refractivity contribution in [2.45, 2.75) is 46.6 Å². The van der Waals surface area contributed by atoms with E-state index in [0.717, 1.165) is 19.4 Å². The van der Waals surface area contributed by atoms with Crippen molar-refractivity contribution in [1.29, 1.82) is 0 Å². The predicted molar refractivity (Wildman–Crippen MR) is 47.4 cm³/mol. The number of rotatable bonds is 1. The molecule has 0 bridgehead atoms. The topological polar surface area (TPSA) is 20.3 Å². The molecule has 2 nitrogen and oxygen atoms in total. The lowest BCUT2D eigenvalue weighted by atomic mass is 10.2. The quantitative estimate of drug-likeness (QED) is 0.570. The van der Waals surface area contributed by atoms with Crippen molar-refractivity contribution in [3.63, 3.8) is 0 Å². The van der Waals surface area contributed by atoms with E-state index in [-0.39, 0.29) is 0 Å². The molecule has 66 valence electrons. The van der Waals surface area contributed by atoms with Gasteiger partial charge < -0.3 is 4.90 Å². The molecule has 0 aromatic carbocycles. The van der Waals surface area contributed by atoms with E-state index in [0.29, 0.717) is 11.9 Å². The summed E-state index contributed by atoms with van der Waals surface area (Å²) in [6, 6.07) is 0.488. The number of amides is 1. The molecule has 0 aromatic rings. The highest BCUT2D eigenvalue weighted by Crippen LogP contribution is 2.16. The van der Waals surface area contributed by atoms with E-state index in [1.165, 1.54) is 0 Å². The van der Waals surface area contributed by atoms with Gasteiger partial charge in [0.25, 0.3) is 0 Å². The maximum absolute atomic E-state index is 10.9. The maximum Gasteiger partial charge on any atom is 0.222 e. The Morgan fingerprint density at radius 1 is 1.55 bits per heavy atom. The van der Waals surface area contributed by atoms with Crippen LogP contribution in [0, 0.1) is 0 Å². The van der Waals surface area contributed by atoms with Crippen LogP contribution in [0.4, 0.5) is 0 Å². The summed E-state index contributed by atoms with van der Waals surface area (Å²) in [7, 11) is 0. The summed E-state index contributed by atoms with van der Waals surface area (Å²) in [6.45, 7) is 9.01. The van der Waals surface area contributed by atoms with Gasteiger partial charge in [-0.1, -0.05) is 13.8 Å². The van der Waals surface area contributed by atoms with Crippen LogP contribution in [-0.4, -0.2) is 23.4 Å². The molecule has 11 heavy (non-hydrogen) atoms. The van der Waals surface area contributed by atoms with Gasteiger partial charge in [0, 0.05) is 19.0 Å². The number of hydrogen-bond acceptors (Lipinski definition) is 1. The van der Waals surface area contributed by atoms with E-state index in [1.54, 1.807) is 0 Å². The molecule has 0 spiro atoms. The molecule has 0 saturated carbocycles. The first kappa shape index (κ1) is 10.5. The number of hydrogen-bond donors (Lipinski definition) is 0. The van der Waals surface area contributed by atoms with Gasteiger partial charge in [0.15, 0.2) is 0 Å². The van der Waals surface area contributed by atoms with E-state index in [2.05, 4.69) is 6.92 Å². The Bertz CT molecular complexity index is 123. The fraction of sp³-hybridized carbons (Fsp3) is 0.889. The van der Waals surface area contributed by atoms with Gasteiger partial charge in [0.1, 0.15) is 0 Å². The van der Waals surface area contributed by atoms with Crippen LogP contribution >= 0.6 is 0 Å². The summed E-state index contributed by atoms with van der Waals surface area (Å²) < 4.78 is 0. The smallest absolute Gasteiger partial charge is 0.222 e. The van der Waals surface area contributed by atoms with Crippen molar-refractivity contribution in [3.05, 3.63) is 0 Å². The molecule has 1 aliphatic rings. The number of likely N-dealkylation sites (tertiary alicyclic amines) is 1. The van der Waals surface area contributed by atoms with Crippen LogP contribution in [0.3, 0.4) is 0 Å². The van der Waals surface area contributed by atoms with Gasteiger partial charge in [-0.15, -0.1) is 0 Å². The zero-order valence-electron chi connectivity index (χ0n) is 8.05. The standard InChI is InChI=1S/C7H13NO.C2H6/c1-3-8-6(2)4-5-7(8)9;1-2/h6H,3-5H2,1-2H3;1-2H3. The molecule has 1 fully saturated rings. The third-order valence-electron chi connectivity index (χ3n) is 1.97. The molecule has 0 aliphatic carbocycles. The Balaban J connectivity index is 0.000000461. The van der Waals surface area contributed by atoms with Crippen LogP contribution in [0.5, 0.6) is 0 Å². The Hall–Kier alpha value is -0.530. The summed E-state index contributed by atoms with van der Waals surface area (Å²) in [6.07, 6.45) is 1.81. The van der Waals surface area contributed by atoms with Crippen LogP contribution in [0.2, 0.25) is 0 Å². The van der Waals surface area contributed by atoms with E-state index < -0.39 is 0 Å². The van der Waals surface area contributed by atoms with E-state index in [1.807, 2.05) is 25.7 Å². The fourth-order valence-electron chi connectivity index (χ4n) is 1.37. The average Bonchev–Trinajstić information content (AvgIpc) is 2.35. The van der Waals surface area contributed by atoms with Crippen LogP contribution < -0.4 is 0 Å². The molecule has 1 amide bonds. The first-order valence-corrected chi connectivity index (χ1v) is 4.55. The Morgan fingerprint density at radius 3 is 2.27 bits per heavy atom.